The summed E-state index contributed by atoms with van der Waals surface area (Å²) in [5.74, 6) is 0.533. The number of ether oxygens (including phenoxy) is 1. The van der Waals surface area contributed by atoms with E-state index in [1.165, 1.54) is 0 Å². The van der Waals surface area contributed by atoms with E-state index in [1.54, 1.807) is 18.3 Å². The summed E-state index contributed by atoms with van der Waals surface area (Å²) in [7, 11) is 0. The van der Waals surface area contributed by atoms with Crippen LogP contribution in [0.3, 0.4) is 0 Å². The highest BCUT2D eigenvalue weighted by Gasteiger charge is 2.12. The molecular weight excluding hydrogens is 504 g/mol. The first-order valence-electron chi connectivity index (χ1n) is 10.2. The number of benzene rings is 3. The summed E-state index contributed by atoms with van der Waals surface area (Å²) in [5.41, 5.74) is 5.95. The summed E-state index contributed by atoms with van der Waals surface area (Å²) in [6.07, 6.45) is 4.03. The largest absolute Gasteiger partial charge is 0.489 e. The highest BCUT2D eigenvalue weighted by molar-refractivity contribution is 9.10. The first kappa shape index (κ1) is 22.8. The highest BCUT2D eigenvalue weighted by Crippen LogP contribution is 2.24. The Morgan fingerprint density at radius 3 is 2.73 bits per heavy atom. The van der Waals surface area contributed by atoms with Crippen LogP contribution in [-0.4, -0.2) is 12.1 Å². The van der Waals surface area contributed by atoms with E-state index in [-0.39, 0.29) is 5.76 Å². The molecule has 1 amide bonds. The monoisotopic (exact) mass is 522 g/mol. The molecule has 0 atom stereocenters. The minimum absolute atomic E-state index is 0.193. The Balaban J connectivity index is 1.42. The molecule has 0 fully saturated rings. The summed E-state index contributed by atoms with van der Waals surface area (Å²) in [6, 6.07) is 20.5. The number of hydrogen-bond acceptors (Lipinski definition) is 4. The molecule has 0 unspecified atom stereocenters. The topological polar surface area (TPSA) is 63.8 Å². The lowest BCUT2D eigenvalue weighted by atomic mass is 10.1. The lowest BCUT2D eigenvalue weighted by molar-refractivity contribution is 0.0929. The Morgan fingerprint density at radius 2 is 1.94 bits per heavy atom. The molecule has 0 spiro atoms. The quantitative estimate of drug-likeness (QED) is 0.155. The van der Waals surface area contributed by atoms with Gasteiger partial charge in [0.25, 0.3) is 0 Å². The van der Waals surface area contributed by atoms with Crippen LogP contribution in [0.15, 0.2) is 93.4 Å². The van der Waals surface area contributed by atoms with Gasteiger partial charge in [0.2, 0.25) is 0 Å². The molecular formula is C26H20BrClN2O3. The number of nitrogens with one attached hydrogen (secondary N) is 1. The van der Waals surface area contributed by atoms with Gasteiger partial charge in [0.15, 0.2) is 5.76 Å². The average Bonchev–Trinajstić information content (AvgIpc) is 3.23. The minimum Gasteiger partial charge on any atom is -0.489 e. The van der Waals surface area contributed by atoms with Crippen molar-refractivity contribution >= 4 is 50.6 Å². The summed E-state index contributed by atoms with van der Waals surface area (Å²) < 4.78 is 12.5. The number of hydrogen-bond donors (Lipinski definition) is 1. The number of carbonyl (C=O) groups excluding carboxylic acids is 1. The first-order valence-corrected chi connectivity index (χ1v) is 11.3. The Labute approximate surface area is 204 Å². The van der Waals surface area contributed by atoms with Gasteiger partial charge < -0.3 is 9.15 Å². The van der Waals surface area contributed by atoms with Crippen LogP contribution in [0.1, 0.15) is 27.2 Å². The van der Waals surface area contributed by atoms with E-state index in [2.05, 4.69) is 33.0 Å². The summed E-state index contributed by atoms with van der Waals surface area (Å²) in [5, 5.41) is 5.59. The predicted octanol–water partition coefficient (Wildman–Crippen LogP) is 6.92. The van der Waals surface area contributed by atoms with Gasteiger partial charge in [-0.3, -0.25) is 4.79 Å². The SMILES string of the molecule is C=CCc1cc(/C=N/NC(=O)c2cc3cc(Br)ccc3o2)ccc1OCc1ccc(Cl)cc1. The zero-order valence-corrected chi connectivity index (χ0v) is 19.9. The van der Waals surface area contributed by atoms with E-state index < -0.39 is 5.91 Å². The number of nitrogens with zero attached hydrogens (tertiary/aromatic N) is 1. The van der Waals surface area contributed by atoms with Gasteiger partial charge in [0.05, 0.1) is 6.21 Å². The third-order valence-electron chi connectivity index (χ3n) is 4.84. The lowest BCUT2D eigenvalue weighted by Crippen LogP contribution is -2.16. The standard InChI is InChI=1S/C26H20BrClN2O3/c1-2-3-19-12-18(6-10-23(19)32-16-17-4-8-22(28)9-5-17)15-29-30-26(31)25-14-20-13-21(27)7-11-24(20)33-25/h2,4-15H,1,3,16H2,(H,30,31)/b29-15+. The van der Waals surface area contributed by atoms with Gasteiger partial charge in [0, 0.05) is 14.9 Å². The van der Waals surface area contributed by atoms with Crippen LogP contribution in [0.4, 0.5) is 0 Å². The van der Waals surface area contributed by atoms with Crippen molar-refractivity contribution in [2.24, 2.45) is 5.10 Å². The summed E-state index contributed by atoms with van der Waals surface area (Å²) in [4.78, 5) is 12.4. The maximum atomic E-state index is 12.4. The van der Waals surface area contributed by atoms with E-state index >= 15 is 0 Å². The second kappa shape index (κ2) is 10.5. The van der Waals surface area contributed by atoms with Crippen molar-refractivity contribution in [3.63, 3.8) is 0 Å². The Kier molecular flexibility index (Phi) is 7.27. The normalized spacial score (nSPS) is 11.1. The molecule has 0 aliphatic heterocycles. The number of halogens is 2. The van der Waals surface area contributed by atoms with E-state index in [9.17, 15) is 4.79 Å². The van der Waals surface area contributed by atoms with Crippen molar-refractivity contribution in [2.45, 2.75) is 13.0 Å². The van der Waals surface area contributed by atoms with Crippen molar-refractivity contribution in [3.05, 3.63) is 111 Å². The molecule has 3 aromatic carbocycles. The minimum atomic E-state index is -0.423. The number of rotatable bonds is 8. The molecule has 33 heavy (non-hydrogen) atoms. The molecule has 166 valence electrons. The molecule has 0 saturated heterocycles. The molecule has 4 aromatic rings. The Bertz CT molecular complexity index is 1330. The summed E-state index contributed by atoms with van der Waals surface area (Å²) in [6.45, 7) is 4.25. The van der Waals surface area contributed by atoms with Gasteiger partial charge in [-0.15, -0.1) is 6.58 Å². The van der Waals surface area contributed by atoms with Crippen molar-refractivity contribution in [3.8, 4) is 5.75 Å². The number of carbonyl (C=O) groups is 1. The predicted molar refractivity (Wildman–Crippen MR) is 135 cm³/mol. The number of hydrazone groups is 1. The number of amides is 1. The molecule has 0 aliphatic rings. The molecule has 1 aromatic heterocycles. The van der Waals surface area contributed by atoms with Crippen molar-refractivity contribution in [1.82, 2.24) is 5.43 Å². The molecule has 1 N–H and O–H groups in total. The maximum Gasteiger partial charge on any atom is 0.307 e. The van der Waals surface area contributed by atoms with Gasteiger partial charge in [-0.2, -0.15) is 5.10 Å². The number of furan rings is 1. The van der Waals surface area contributed by atoms with Crippen LogP contribution in [0, 0.1) is 0 Å². The molecule has 4 rings (SSSR count). The fourth-order valence-corrected chi connectivity index (χ4v) is 3.73. The van der Waals surface area contributed by atoms with Crippen LogP contribution in [0.25, 0.3) is 11.0 Å². The average molecular weight is 524 g/mol. The van der Waals surface area contributed by atoms with Crippen LogP contribution < -0.4 is 10.2 Å². The van der Waals surface area contributed by atoms with Gasteiger partial charge >= 0.3 is 5.91 Å². The molecule has 0 aliphatic carbocycles. The van der Waals surface area contributed by atoms with Crippen LogP contribution in [0.2, 0.25) is 5.02 Å². The Hall–Kier alpha value is -3.35. The molecule has 0 saturated carbocycles. The molecule has 5 nitrogen and oxygen atoms in total. The molecule has 1 heterocycles. The fourth-order valence-electron chi connectivity index (χ4n) is 3.22. The van der Waals surface area contributed by atoms with E-state index in [0.29, 0.717) is 23.6 Å². The van der Waals surface area contributed by atoms with Crippen molar-refractivity contribution in [2.75, 3.05) is 0 Å². The number of allylic oxidation sites excluding steroid dienone is 1. The van der Waals surface area contributed by atoms with E-state index in [4.69, 9.17) is 20.8 Å². The van der Waals surface area contributed by atoms with Crippen LogP contribution >= 0.6 is 27.5 Å². The first-order chi connectivity index (χ1) is 16.0. The van der Waals surface area contributed by atoms with Gasteiger partial charge in [-0.1, -0.05) is 45.7 Å². The van der Waals surface area contributed by atoms with Crippen molar-refractivity contribution < 1.29 is 13.9 Å². The Morgan fingerprint density at radius 1 is 1.12 bits per heavy atom. The second-order valence-corrected chi connectivity index (χ2v) is 8.62. The lowest BCUT2D eigenvalue weighted by Gasteiger charge is -2.11. The fraction of sp³-hybridized carbons (Fsp3) is 0.0769. The van der Waals surface area contributed by atoms with Crippen LogP contribution in [0.5, 0.6) is 5.75 Å². The van der Waals surface area contributed by atoms with Gasteiger partial charge in [0.1, 0.15) is 17.9 Å². The van der Waals surface area contributed by atoms with Gasteiger partial charge in [-0.25, -0.2) is 5.43 Å². The maximum absolute atomic E-state index is 12.4. The van der Waals surface area contributed by atoms with Gasteiger partial charge in [-0.05, 0) is 77.7 Å². The van der Waals surface area contributed by atoms with Crippen molar-refractivity contribution in [1.29, 1.82) is 0 Å². The highest BCUT2D eigenvalue weighted by atomic mass is 79.9. The molecule has 7 heteroatoms. The third kappa shape index (κ3) is 5.92. The second-order valence-electron chi connectivity index (χ2n) is 7.27. The van der Waals surface area contributed by atoms with E-state index in [0.717, 1.165) is 32.3 Å². The zero-order chi connectivity index (χ0) is 23.2. The molecule has 0 radical (unpaired) electrons. The third-order valence-corrected chi connectivity index (χ3v) is 5.58. The summed E-state index contributed by atoms with van der Waals surface area (Å²) >= 11 is 9.34. The molecule has 0 bridgehead atoms. The van der Waals surface area contributed by atoms with Crippen LogP contribution in [-0.2, 0) is 13.0 Å². The smallest absolute Gasteiger partial charge is 0.307 e. The van der Waals surface area contributed by atoms with E-state index in [1.807, 2.05) is 60.7 Å². The zero-order valence-electron chi connectivity index (χ0n) is 17.6. The number of fused-ring (bicyclic) bond motifs is 1.